The van der Waals surface area contributed by atoms with Crippen molar-refractivity contribution < 1.29 is 19.2 Å². The van der Waals surface area contributed by atoms with E-state index >= 15 is 0 Å². The Kier molecular flexibility index (Phi) is 3.60. The molecule has 21 heavy (non-hydrogen) atoms. The number of amides is 1. The van der Waals surface area contributed by atoms with E-state index in [0.717, 1.165) is 5.39 Å². The van der Waals surface area contributed by atoms with Crippen molar-refractivity contribution in [3.63, 3.8) is 0 Å². The van der Waals surface area contributed by atoms with Crippen molar-refractivity contribution >= 4 is 22.8 Å². The van der Waals surface area contributed by atoms with Gasteiger partial charge >= 0.3 is 5.97 Å². The highest BCUT2D eigenvalue weighted by molar-refractivity contribution is 5.86. The molecular weight excluding hydrogens is 272 g/mol. The average molecular weight is 288 g/mol. The van der Waals surface area contributed by atoms with Gasteiger partial charge in [0.05, 0.1) is 12.3 Å². The summed E-state index contributed by atoms with van der Waals surface area (Å²) in [4.78, 5) is 22.9. The smallest absolute Gasteiger partial charge is 0.306 e. The number of hydrogen-bond acceptors (Lipinski definition) is 4. The Morgan fingerprint density at radius 2 is 2.14 bits per heavy atom. The first kappa shape index (κ1) is 13.6. The van der Waals surface area contributed by atoms with Gasteiger partial charge in [-0.2, -0.15) is 0 Å². The Morgan fingerprint density at radius 3 is 2.90 bits per heavy atom. The number of aromatic nitrogens is 1. The van der Waals surface area contributed by atoms with Crippen LogP contribution in [0.2, 0.25) is 0 Å². The number of aliphatic carboxylic acids is 1. The zero-order chi connectivity index (χ0) is 14.8. The number of rotatable bonds is 4. The number of nitrogens with zero attached hydrogens (tertiary/aromatic N) is 1. The highest BCUT2D eigenvalue weighted by Gasteiger charge is 2.30. The van der Waals surface area contributed by atoms with Gasteiger partial charge in [-0.3, -0.25) is 9.59 Å². The Balaban J connectivity index is 1.61. The van der Waals surface area contributed by atoms with Gasteiger partial charge in [0.1, 0.15) is 5.69 Å². The van der Waals surface area contributed by atoms with E-state index in [1.165, 1.54) is 0 Å². The van der Waals surface area contributed by atoms with Gasteiger partial charge in [0, 0.05) is 11.4 Å². The fourth-order valence-electron chi connectivity index (χ4n) is 2.83. The molecule has 1 aliphatic rings. The number of carboxylic acid groups (broad SMARTS) is 1. The maximum Gasteiger partial charge on any atom is 0.306 e. The van der Waals surface area contributed by atoms with E-state index in [9.17, 15) is 9.59 Å². The van der Waals surface area contributed by atoms with E-state index < -0.39 is 5.97 Å². The van der Waals surface area contributed by atoms with Crippen molar-refractivity contribution in [1.29, 1.82) is 0 Å². The molecule has 0 spiro atoms. The van der Waals surface area contributed by atoms with Crippen LogP contribution in [-0.4, -0.2) is 28.2 Å². The maximum atomic E-state index is 12.0. The van der Waals surface area contributed by atoms with Crippen molar-refractivity contribution in [2.45, 2.75) is 31.7 Å². The minimum absolute atomic E-state index is 0.0586. The van der Waals surface area contributed by atoms with Crippen LogP contribution in [0.5, 0.6) is 0 Å². The van der Waals surface area contributed by atoms with Gasteiger partial charge in [-0.15, -0.1) is 0 Å². The molecule has 0 unspecified atom stereocenters. The van der Waals surface area contributed by atoms with Gasteiger partial charge in [0.2, 0.25) is 5.91 Å². The van der Waals surface area contributed by atoms with Gasteiger partial charge in [-0.05, 0) is 31.4 Å². The number of carbonyl (C=O) groups excluding carboxylic acids is 1. The molecule has 2 atom stereocenters. The summed E-state index contributed by atoms with van der Waals surface area (Å²) in [5.74, 6) is -1.28. The molecule has 1 aromatic carbocycles. The minimum atomic E-state index is -0.783. The maximum absolute atomic E-state index is 12.0. The first-order valence-corrected chi connectivity index (χ1v) is 6.99. The van der Waals surface area contributed by atoms with E-state index in [2.05, 4.69) is 10.5 Å². The predicted octanol–water partition coefficient (Wildman–Crippen LogP) is 1.74. The molecule has 6 heteroatoms. The van der Waals surface area contributed by atoms with Crippen LogP contribution in [0.4, 0.5) is 0 Å². The van der Waals surface area contributed by atoms with Gasteiger partial charge in [0.15, 0.2) is 5.58 Å². The molecule has 0 saturated heterocycles. The summed E-state index contributed by atoms with van der Waals surface area (Å²) in [5.41, 5.74) is 1.27. The Morgan fingerprint density at radius 1 is 1.33 bits per heavy atom. The number of fused-ring (bicyclic) bond motifs is 1. The molecule has 0 radical (unpaired) electrons. The summed E-state index contributed by atoms with van der Waals surface area (Å²) < 4.78 is 5.16. The van der Waals surface area contributed by atoms with Crippen LogP contribution in [0.3, 0.4) is 0 Å². The lowest BCUT2D eigenvalue weighted by Crippen LogP contribution is -2.34. The Hall–Kier alpha value is -2.37. The molecule has 3 rings (SSSR count). The van der Waals surface area contributed by atoms with E-state index in [1.54, 1.807) is 6.07 Å². The van der Waals surface area contributed by atoms with Crippen LogP contribution in [0.1, 0.15) is 25.0 Å². The third-order valence-electron chi connectivity index (χ3n) is 3.93. The number of carboxylic acids is 1. The van der Waals surface area contributed by atoms with Crippen molar-refractivity contribution in [2.24, 2.45) is 5.92 Å². The van der Waals surface area contributed by atoms with Crippen LogP contribution in [-0.2, 0) is 16.0 Å². The third-order valence-corrected chi connectivity index (χ3v) is 3.93. The minimum Gasteiger partial charge on any atom is -0.481 e. The molecule has 1 aromatic heterocycles. The molecule has 1 amide bonds. The Bertz CT molecular complexity index is 679. The lowest BCUT2D eigenvalue weighted by Gasteiger charge is -2.11. The summed E-state index contributed by atoms with van der Waals surface area (Å²) in [6.07, 6.45) is 1.97. The third kappa shape index (κ3) is 2.89. The van der Waals surface area contributed by atoms with Crippen molar-refractivity contribution in [3.8, 4) is 0 Å². The molecule has 6 nitrogen and oxygen atoms in total. The largest absolute Gasteiger partial charge is 0.481 e. The monoisotopic (exact) mass is 288 g/mol. The summed E-state index contributed by atoms with van der Waals surface area (Å²) in [6, 6.07) is 7.33. The lowest BCUT2D eigenvalue weighted by atomic mass is 10.1. The summed E-state index contributed by atoms with van der Waals surface area (Å²) in [7, 11) is 0. The normalized spacial score (nSPS) is 21.5. The SMILES string of the molecule is O=C(Cc1noc2ccccc12)N[C@@H]1CC[C@H](C(=O)O)C1. The average Bonchev–Trinajstić information content (AvgIpc) is 3.07. The quantitative estimate of drug-likeness (QED) is 0.894. The highest BCUT2D eigenvalue weighted by atomic mass is 16.5. The van der Waals surface area contributed by atoms with E-state index in [4.69, 9.17) is 9.63 Å². The molecule has 2 aromatic rings. The molecule has 1 heterocycles. The summed E-state index contributed by atoms with van der Waals surface area (Å²) >= 11 is 0. The van der Waals surface area contributed by atoms with Crippen molar-refractivity contribution in [1.82, 2.24) is 10.5 Å². The van der Waals surface area contributed by atoms with Crippen LogP contribution in [0.15, 0.2) is 28.8 Å². The van der Waals surface area contributed by atoms with Crippen molar-refractivity contribution in [2.75, 3.05) is 0 Å². The van der Waals surface area contributed by atoms with E-state index in [0.29, 0.717) is 30.5 Å². The van der Waals surface area contributed by atoms with Crippen LogP contribution in [0, 0.1) is 5.92 Å². The number of benzene rings is 1. The molecule has 110 valence electrons. The van der Waals surface area contributed by atoms with Gasteiger partial charge in [-0.1, -0.05) is 17.3 Å². The topological polar surface area (TPSA) is 92.4 Å². The lowest BCUT2D eigenvalue weighted by molar-refractivity contribution is -0.141. The second-order valence-electron chi connectivity index (χ2n) is 5.41. The second-order valence-corrected chi connectivity index (χ2v) is 5.41. The van der Waals surface area contributed by atoms with Crippen molar-refractivity contribution in [3.05, 3.63) is 30.0 Å². The van der Waals surface area contributed by atoms with Gasteiger partial charge in [-0.25, -0.2) is 0 Å². The second kappa shape index (κ2) is 5.55. The number of hydrogen-bond donors (Lipinski definition) is 2. The molecule has 0 aliphatic heterocycles. The molecule has 2 N–H and O–H groups in total. The fourth-order valence-corrected chi connectivity index (χ4v) is 2.83. The molecule has 1 aliphatic carbocycles. The zero-order valence-corrected chi connectivity index (χ0v) is 11.4. The predicted molar refractivity (Wildman–Crippen MR) is 74.6 cm³/mol. The summed E-state index contributed by atoms with van der Waals surface area (Å²) in [5, 5.41) is 16.6. The van der Waals surface area contributed by atoms with E-state index in [-0.39, 0.29) is 24.3 Å². The van der Waals surface area contributed by atoms with Crippen LogP contribution < -0.4 is 5.32 Å². The van der Waals surface area contributed by atoms with Gasteiger partial charge in [0.25, 0.3) is 0 Å². The Labute approximate surface area is 121 Å². The summed E-state index contributed by atoms with van der Waals surface area (Å²) in [6.45, 7) is 0. The van der Waals surface area contributed by atoms with Crippen LogP contribution >= 0.6 is 0 Å². The molecule has 1 saturated carbocycles. The van der Waals surface area contributed by atoms with E-state index in [1.807, 2.05) is 18.2 Å². The highest BCUT2D eigenvalue weighted by Crippen LogP contribution is 2.26. The number of carbonyl (C=O) groups is 2. The fraction of sp³-hybridized carbons (Fsp3) is 0.400. The first-order valence-electron chi connectivity index (χ1n) is 6.99. The molecule has 0 bridgehead atoms. The number of nitrogens with one attached hydrogen (secondary N) is 1. The number of para-hydroxylation sites is 1. The zero-order valence-electron chi connectivity index (χ0n) is 11.4. The van der Waals surface area contributed by atoms with Crippen LogP contribution in [0.25, 0.3) is 11.0 Å². The molecular formula is C15H16N2O4. The standard InChI is InChI=1S/C15H16N2O4/c18-14(16-10-6-5-9(7-10)15(19)20)8-12-11-3-1-2-4-13(11)21-17-12/h1-4,9-10H,5-8H2,(H,16,18)(H,19,20)/t9-,10+/m0/s1. The van der Waals surface area contributed by atoms with Gasteiger partial charge < -0.3 is 14.9 Å². The first-order chi connectivity index (χ1) is 10.1. The molecule has 1 fully saturated rings.